The van der Waals surface area contributed by atoms with Gasteiger partial charge in [-0.3, -0.25) is 0 Å². The molecule has 0 aromatic carbocycles. The van der Waals surface area contributed by atoms with Crippen molar-refractivity contribution in [1.82, 2.24) is 26.0 Å². The van der Waals surface area contributed by atoms with E-state index in [-0.39, 0.29) is 0 Å². The van der Waals surface area contributed by atoms with E-state index in [2.05, 4.69) is 39.9 Å². The Labute approximate surface area is 84.7 Å². The molecular weight excluding hydrogens is 178 g/mol. The second-order valence-electron chi connectivity index (χ2n) is 3.74. The second-order valence-corrected chi connectivity index (χ2v) is 3.74. The number of rotatable bonds is 7. The van der Waals surface area contributed by atoms with Gasteiger partial charge >= 0.3 is 0 Å². The number of hydrogen-bond acceptors (Lipinski definition) is 4. The normalized spacial score (nSPS) is 11.1. The molecule has 0 saturated heterocycles. The Bertz CT molecular complexity index is 219. The lowest BCUT2D eigenvalue weighted by molar-refractivity contribution is 0.534. The average molecular weight is 197 g/mol. The van der Waals surface area contributed by atoms with Crippen molar-refractivity contribution >= 4 is 0 Å². The van der Waals surface area contributed by atoms with E-state index in [0.717, 1.165) is 31.9 Å². The van der Waals surface area contributed by atoms with Gasteiger partial charge in [0.25, 0.3) is 0 Å². The predicted molar refractivity (Wildman–Crippen MR) is 55.8 cm³/mol. The summed E-state index contributed by atoms with van der Waals surface area (Å²) in [4.78, 5) is 0. The van der Waals surface area contributed by atoms with E-state index in [0.29, 0.717) is 5.92 Å². The number of hydrogen-bond donors (Lipinski definition) is 3. The third-order valence-electron chi connectivity index (χ3n) is 1.80. The number of aromatic nitrogens is 3. The summed E-state index contributed by atoms with van der Waals surface area (Å²) in [6.45, 7) is 8.22. The molecule has 5 nitrogen and oxygen atoms in total. The molecule has 0 atom stereocenters. The summed E-state index contributed by atoms with van der Waals surface area (Å²) in [5, 5.41) is 16.9. The van der Waals surface area contributed by atoms with Crippen LogP contribution in [-0.4, -0.2) is 35.0 Å². The van der Waals surface area contributed by atoms with E-state index >= 15 is 0 Å². The van der Waals surface area contributed by atoms with Crippen LogP contribution in [0.1, 0.15) is 19.5 Å². The van der Waals surface area contributed by atoms with E-state index in [1.165, 1.54) is 0 Å². The lowest BCUT2D eigenvalue weighted by atomic mass is 10.2. The first kappa shape index (κ1) is 11.1. The molecule has 0 bridgehead atoms. The van der Waals surface area contributed by atoms with Gasteiger partial charge in [0.15, 0.2) is 0 Å². The monoisotopic (exact) mass is 197 g/mol. The third-order valence-corrected chi connectivity index (χ3v) is 1.80. The molecule has 1 rings (SSSR count). The van der Waals surface area contributed by atoms with Crippen LogP contribution in [0, 0.1) is 5.92 Å². The Balaban J connectivity index is 1.90. The minimum Gasteiger partial charge on any atom is -0.315 e. The molecule has 0 fully saturated rings. The van der Waals surface area contributed by atoms with Gasteiger partial charge in [-0.1, -0.05) is 13.8 Å². The maximum Gasteiger partial charge on any atom is 0.0962 e. The summed E-state index contributed by atoms with van der Waals surface area (Å²) in [6.07, 6.45) is 1.73. The Morgan fingerprint density at radius 2 is 2.14 bits per heavy atom. The molecule has 5 heteroatoms. The van der Waals surface area contributed by atoms with Crippen molar-refractivity contribution in [2.75, 3.05) is 19.6 Å². The van der Waals surface area contributed by atoms with Gasteiger partial charge in [0.1, 0.15) is 0 Å². The highest BCUT2D eigenvalue weighted by Gasteiger charge is 1.95. The Morgan fingerprint density at radius 1 is 1.36 bits per heavy atom. The highest BCUT2D eigenvalue weighted by atomic mass is 15.3. The predicted octanol–water partition coefficient (Wildman–Crippen LogP) is 0.140. The third kappa shape index (κ3) is 4.94. The van der Waals surface area contributed by atoms with Gasteiger partial charge in [0.2, 0.25) is 0 Å². The fraction of sp³-hybridized carbons (Fsp3) is 0.778. The molecule has 0 radical (unpaired) electrons. The summed E-state index contributed by atoms with van der Waals surface area (Å²) < 4.78 is 0. The average Bonchev–Trinajstić information content (AvgIpc) is 2.63. The van der Waals surface area contributed by atoms with Crippen LogP contribution in [0.5, 0.6) is 0 Å². The topological polar surface area (TPSA) is 65.6 Å². The zero-order chi connectivity index (χ0) is 10.2. The molecule has 0 unspecified atom stereocenters. The molecule has 0 spiro atoms. The fourth-order valence-electron chi connectivity index (χ4n) is 1.09. The molecule has 1 aromatic rings. The Morgan fingerprint density at radius 3 is 2.79 bits per heavy atom. The van der Waals surface area contributed by atoms with Crippen molar-refractivity contribution in [3.8, 4) is 0 Å². The summed E-state index contributed by atoms with van der Waals surface area (Å²) in [5.74, 6) is 0.713. The molecular formula is C9H19N5. The lowest BCUT2D eigenvalue weighted by Gasteiger charge is -2.07. The van der Waals surface area contributed by atoms with E-state index in [1.54, 1.807) is 6.20 Å². The smallest absolute Gasteiger partial charge is 0.0962 e. The molecule has 0 aliphatic heterocycles. The van der Waals surface area contributed by atoms with Gasteiger partial charge in [-0.25, -0.2) is 0 Å². The van der Waals surface area contributed by atoms with Crippen molar-refractivity contribution < 1.29 is 0 Å². The first-order chi connectivity index (χ1) is 6.79. The molecule has 0 aliphatic carbocycles. The highest BCUT2D eigenvalue weighted by Crippen LogP contribution is 1.87. The van der Waals surface area contributed by atoms with Gasteiger partial charge in [0.05, 0.1) is 11.9 Å². The van der Waals surface area contributed by atoms with Crippen LogP contribution < -0.4 is 10.6 Å². The summed E-state index contributed by atoms with van der Waals surface area (Å²) >= 11 is 0. The number of H-pyrrole nitrogens is 1. The molecule has 0 saturated carbocycles. The zero-order valence-electron chi connectivity index (χ0n) is 8.88. The van der Waals surface area contributed by atoms with Crippen molar-refractivity contribution in [3.05, 3.63) is 11.9 Å². The first-order valence-electron chi connectivity index (χ1n) is 5.05. The molecule has 3 N–H and O–H groups in total. The van der Waals surface area contributed by atoms with Gasteiger partial charge < -0.3 is 10.6 Å². The number of aromatic amines is 1. The van der Waals surface area contributed by atoms with E-state index < -0.39 is 0 Å². The SMILES string of the molecule is CC(C)CNCCNCc1cn[nH]n1. The molecule has 14 heavy (non-hydrogen) atoms. The van der Waals surface area contributed by atoms with E-state index in [4.69, 9.17) is 0 Å². The minimum absolute atomic E-state index is 0.713. The van der Waals surface area contributed by atoms with Crippen molar-refractivity contribution in [2.45, 2.75) is 20.4 Å². The summed E-state index contributed by atoms with van der Waals surface area (Å²) in [7, 11) is 0. The van der Waals surface area contributed by atoms with Crippen molar-refractivity contribution in [2.24, 2.45) is 5.92 Å². The molecule has 0 amide bonds. The van der Waals surface area contributed by atoms with Gasteiger partial charge in [-0.2, -0.15) is 15.4 Å². The van der Waals surface area contributed by atoms with E-state index in [9.17, 15) is 0 Å². The van der Waals surface area contributed by atoms with Gasteiger partial charge in [0, 0.05) is 19.6 Å². The summed E-state index contributed by atoms with van der Waals surface area (Å²) in [6, 6.07) is 0. The van der Waals surface area contributed by atoms with Crippen molar-refractivity contribution in [1.29, 1.82) is 0 Å². The first-order valence-corrected chi connectivity index (χ1v) is 5.05. The van der Waals surface area contributed by atoms with Crippen LogP contribution >= 0.6 is 0 Å². The minimum atomic E-state index is 0.713. The largest absolute Gasteiger partial charge is 0.315 e. The lowest BCUT2D eigenvalue weighted by Crippen LogP contribution is -2.29. The maximum absolute atomic E-state index is 3.94. The van der Waals surface area contributed by atoms with Crippen LogP contribution in [0.25, 0.3) is 0 Å². The van der Waals surface area contributed by atoms with Gasteiger partial charge in [-0.15, -0.1) is 0 Å². The zero-order valence-corrected chi connectivity index (χ0v) is 8.88. The molecule has 80 valence electrons. The van der Waals surface area contributed by atoms with Crippen LogP contribution in [0.3, 0.4) is 0 Å². The quantitative estimate of drug-likeness (QED) is 0.544. The van der Waals surface area contributed by atoms with Crippen LogP contribution in [0.15, 0.2) is 6.20 Å². The van der Waals surface area contributed by atoms with Crippen LogP contribution in [0.4, 0.5) is 0 Å². The number of nitrogens with zero attached hydrogens (tertiary/aromatic N) is 2. The number of nitrogens with one attached hydrogen (secondary N) is 3. The Hall–Kier alpha value is -0.940. The molecule has 0 aliphatic rings. The summed E-state index contributed by atoms with van der Waals surface area (Å²) in [5.41, 5.74) is 0.953. The fourth-order valence-corrected chi connectivity index (χ4v) is 1.09. The van der Waals surface area contributed by atoms with Crippen LogP contribution in [0.2, 0.25) is 0 Å². The van der Waals surface area contributed by atoms with E-state index in [1.807, 2.05) is 0 Å². The maximum atomic E-state index is 3.94. The molecule has 1 heterocycles. The highest BCUT2D eigenvalue weighted by molar-refractivity contribution is 4.88. The van der Waals surface area contributed by atoms with Gasteiger partial charge in [-0.05, 0) is 12.5 Å². The standard InChI is InChI=1S/C9H19N5/c1-8(2)5-10-3-4-11-6-9-7-12-14-13-9/h7-8,10-11H,3-6H2,1-2H3,(H,12,13,14). The molecule has 1 aromatic heterocycles. The van der Waals surface area contributed by atoms with Crippen molar-refractivity contribution in [3.63, 3.8) is 0 Å². The Kier molecular flexibility index (Phi) is 5.17. The van der Waals surface area contributed by atoms with Crippen LogP contribution in [-0.2, 0) is 6.54 Å². The second kappa shape index (κ2) is 6.50.